The Hall–Kier alpha value is -0.740. The van der Waals surface area contributed by atoms with Gasteiger partial charge in [-0.15, -0.1) is 0 Å². The molecule has 6 heteroatoms. The third kappa shape index (κ3) is 3.29. The molecule has 0 fully saturated rings. The summed E-state index contributed by atoms with van der Waals surface area (Å²) in [5.41, 5.74) is 1.66. The molecule has 1 N–H and O–H groups in total. The topological polar surface area (TPSA) is 29.1 Å². The van der Waals surface area contributed by atoms with Crippen molar-refractivity contribution in [3.05, 3.63) is 61.0 Å². The maximum absolute atomic E-state index is 12.2. The molecule has 0 spiro atoms. The number of carbonyl (C=O) groups excluding carboxylic acids is 1. The summed E-state index contributed by atoms with van der Waals surface area (Å²) in [5, 5.41) is 3.97. The molecule has 0 aliphatic carbocycles. The Morgan fingerprint density at radius 1 is 1.10 bits per heavy atom. The van der Waals surface area contributed by atoms with Gasteiger partial charge in [-0.3, -0.25) is 4.79 Å². The molecule has 0 aliphatic heterocycles. The van der Waals surface area contributed by atoms with E-state index >= 15 is 0 Å². The molecule has 2 nitrogen and oxygen atoms in total. The van der Waals surface area contributed by atoms with E-state index in [2.05, 4.69) is 21.2 Å². The highest BCUT2D eigenvalue weighted by Gasteiger charge is 2.14. The molecule has 0 unspecified atom stereocenters. The van der Waals surface area contributed by atoms with Gasteiger partial charge in [-0.1, -0.05) is 40.9 Å². The van der Waals surface area contributed by atoms with Gasteiger partial charge in [0.15, 0.2) is 0 Å². The van der Waals surface area contributed by atoms with Crippen molar-refractivity contribution in [3.63, 3.8) is 0 Å². The summed E-state index contributed by atoms with van der Waals surface area (Å²) < 4.78 is 0.724. The predicted molar refractivity (Wildman–Crippen MR) is 88.3 cm³/mol. The van der Waals surface area contributed by atoms with Crippen molar-refractivity contribution in [3.8, 4) is 0 Å². The monoisotopic (exact) mass is 391 g/mol. The normalized spacial score (nSPS) is 10.4. The molecule has 0 saturated heterocycles. The van der Waals surface area contributed by atoms with Gasteiger partial charge >= 0.3 is 0 Å². The van der Waals surface area contributed by atoms with Crippen LogP contribution < -0.4 is 5.32 Å². The van der Waals surface area contributed by atoms with Crippen LogP contribution in [-0.4, -0.2) is 5.91 Å². The van der Waals surface area contributed by atoms with E-state index in [0.29, 0.717) is 26.3 Å². The summed E-state index contributed by atoms with van der Waals surface area (Å²) in [5.74, 6) is -0.325. The number of carbonyl (C=O) groups is 1. The minimum atomic E-state index is -0.325. The van der Waals surface area contributed by atoms with Gasteiger partial charge in [-0.05, 0) is 52.7 Å². The third-order valence-corrected chi connectivity index (χ3v) is 4.74. The van der Waals surface area contributed by atoms with E-state index in [9.17, 15) is 4.79 Å². The minimum absolute atomic E-state index is 0.325. The molecule has 104 valence electrons. The van der Waals surface area contributed by atoms with E-state index in [0.717, 1.165) is 10.0 Å². The zero-order valence-electron chi connectivity index (χ0n) is 10.3. The van der Waals surface area contributed by atoms with Crippen LogP contribution in [0.5, 0.6) is 0 Å². The predicted octanol–water partition coefficient (Wildman–Crippen LogP) is 5.97. The number of nitrogens with one attached hydrogen (secondary N) is 1. The molecule has 20 heavy (non-hydrogen) atoms. The van der Waals surface area contributed by atoms with Gasteiger partial charge < -0.3 is 5.32 Å². The molecule has 0 bridgehead atoms. The van der Waals surface area contributed by atoms with Gasteiger partial charge in [-0.25, -0.2) is 0 Å². The van der Waals surface area contributed by atoms with Gasteiger partial charge in [0.2, 0.25) is 0 Å². The van der Waals surface area contributed by atoms with Gasteiger partial charge in [0.05, 0.1) is 20.8 Å². The smallest absolute Gasteiger partial charge is 0.255 e. The lowest BCUT2D eigenvalue weighted by atomic mass is 10.2. The molecule has 0 aromatic heterocycles. The Morgan fingerprint density at radius 3 is 2.45 bits per heavy atom. The average Bonchev–Trinajstić information content (AvgIpc) is 2.42. The molecule has 2 rings (SSSR count). The average molecular weight is 393 g/mol. The molecule has 0 saturated carbocycles. The lowest BCUT2D eigenvalue weighted by molar-refractivity contribution is 0.102. The summed E-state index contributed by atoms with van der Waals surface area (Å²) in [7, 11) is 0. The molecule has 0 atom stereocenters. The Morgan fingerprint density at radius 2 is 1.80 bits per heavy atom. The standard InChI is InChI=1S/C14H9BrCl3NO/c1-7-2-5-10(16)13(12(7)18)19-14(20)8-3-4-9(15)11(17)6-8/h2-6H,1H3,(H,19,20). The summed E-state index contributed by atoms with van der Waals surface area (Å²) in [6.07, 6.45) is 0. The highest BCUT2D eigenvalue weighted by Crippen LogP contribution is 2.33. The number of anilines is 1. The van der Waals surface area contributed by atoms with E-state index in [1.807, 2.05) is 6.92 Å². The molecule has 1 amide bonds. The first-order valence-electron chi connectivity index (χ1n) is 5.61. The molecular weight excluding hydrogens is 384 g/mol. The van der Waals surface area contributed by atoms with E-state index in [-0.39, 0.29) is 5.91 Å². The van der Waals surface area contributed by atoms with Crippen LogP contribution in [0.4, 0.5) is 5.69 Å². The summed E-state index contributed by atoms with van der Waals surface area (Å²) in [4.78, 5) is 12.2. The number of rotatable bonds is 2. The molecule has 0 heterocycles. The first-order chi connectivity index (χ1) is 9.40. The zero-order valence-corrected chi connectivity index (χ0v) is 14.2. The number of hydrogen-bond acceptors (Lipinski definition) is 1. The van der Waals surface area contributed by atoms with Crippen LogP contribution in [0.1, 0.15) is 15.9 Å². The van der Waals surface area contributed by atoms with E-state index in [1.54, 1.807) is 30.3 Å². The second-order valence-corrected chi connectivity index (χ2v) is 6.18. The summed E-state index contributed by atoms with van der Waals surface area (Å²) in [6, 6.07) is 8.40. The highest BCUT2D eigenvalue weighted by molar-refractivity contribution is 9.10. The number of halogens is 4. The largest absolute Gasteiger partial charge is 0.319 e. The lowest BCUT2D eigenvalue weighted by Crippen LogP contribution is -2.12. The Labute approximate surface area is 140 Å². The minimum Gasteiger partial charge on any atom is -0.319 e. The van der Waals surface area contributed by atoms with Gasteiger partial charge in [0.25, 0.3) is 5.91 Å². The number of amides is 1. The van der Waals surface area contributed by atoms with Gasteiger partial charge in [0, 0.05) is 10.0 Å². The molecule has 2 aromatic carbocycles. The maximum Gasteiger partial charge on any atom is 0.255 e. The van der Waals surface area contributed by atoms with Crippen molar-refractivity contribution >= 4 is 62.3 Å². The third-order valence-electron chi connectivity index (χ3n) is 2.70. The van der Waals surface area contributed by atoms with E-state index in [4.69, 9.17) is 34.8 Å². The van der Waals surface area contributed by atoms with Crippen molar-refractivity contribution in [2.75, 3.05) is 5.32 Å². The fourth-order valence-electron chi connectivity index (χ4n) is 1.59. The summed E-state index contributed by atoms with van der Waals surface area (Å²) >= 11 is 21.5. The van der Waals surface area contributed by atoms with Crippen LogP contribution in [0, 0.1) is 6.92 Å². The second-order valence-electron chi connectivity index (χ2n) is 4.14. The molecule has 0 radical (unpaired) electrons. The van der Waals surface area contributed by atoms with Crippen molar-refractivity contribution in [1.82, 2.24) is 0 Å². The molecule has 2 aromatic rings. The fraction of sp³-hybridized carbons (Fsp3) is 0.0714. The lowest BCUT2D eigenvalue weighted by Gasteiger charge is -2.11. The Kier molecular flexibility index (Phi) is 4.97. The molecular formula is C14H9BrCl3NO. The van der Waals surface area contributed by atoms with Crippen LogP contribution in [0.15, 0.2) is 34.8 Å². The Balaban J connectivity index is 2.32. The fourth-order valence-corrected chi connectivity index (χ4v) is 2.49. The van der Waals surface area contributed by atoms with Crippen molar-refractivity contribution in [2.24, 2.45) is 0 Å². The molecule has 0 aliphatic rings. The maximum atomic E-state index is 12.2. The van der Waals surface area contributed by atoms with Crippen LogP contribution in [0.2, 0.25) is 15.1 Å². The van der Waals surface area contributed by atoms with Crippen LogP contribution in [-0.2, 0) is 0 Å². The first-order valence-corrected chi connectivity index (χ1v) is 7.54. The first kappa shape index (κ1) is 15.6. The SMILES string of the molecule is Cc1ccc(Cl)c(NC(=O)c2ccc(Br)c(Cl)c2)c1Cl. The second kappa shape index (κ2) is 6.35. The number of benzene rings is 2. The van der Waals surface area contributed by atoms with Gasteiger partial charge in [0.1, 0.15) is 0 Å². The van der Waals surface area contributed by atoms with E-state index < -0.39 is 0 Å². The van der Waals surface area contributed by atoms with Crippen molar-refractivity contribution < 1.29 is 4.79 Å². The number of aryl methyl sites for hydroxylation is 1. The van der Waals surface area contributed by atoms with Gasteiger partial charge in [-0.2, -0.15) is 0 Å². The van der Waals surface area contributed by atoms with Crippen LogP contribution in [0.25, 0.3) is 0 Å². The highest BCUT2D eigenvalue weighted by atomic mass is 79.9. The Bertz CT molecular complexity index is 688. The van der Waals surface area contributed by atoms with Crippen molar-refractivity contribution in [2.45, 2.75) is 6.92 Å². The number of hydrogen-bond donors (Lipinski definition) is 1. The van der Waals surface area contributed by atoms with Crippen molar-refractivity contribution in [1.29, 1.82) is 0 Å². The zero-order chi connectivity index (χ0) is 14.9. The van der Waals surface area contributed by atoms with Crippen LogP contribution in [0.3, 0.4) is 0 Å². The quantitative estimate of drug-likeness (QED) is 0.669. The van der Waals surface area contributed by atoms with E-state index in [1.165, 1.54) is 0 Å². The summed E-state index contributed by atoms with van der Waals surface area (Å²) in [6.45, 7) is 1.84. The van der Waals surface area contributed by atoms with Crippen LogP contribution >= 0.6 is 50.7 Å².